The number of benzene rings is 1. The summed E-state index contributed by atoms with van der Waals surface area (Å²) in [6, 6.07) is 11.1. The molecule has 0 aliphatic carbocycles. The number of piperidine rings is 1. The summed E-state index contributed by atoms with van der Waals surface area (Å²) in [5.41, 5.74) is 1.30. The van der Waals surface area contributed by atoms with Gasteiger partial charge in [-0.2, -0.15) is 0 Å². The Kier molecular flexibility index (Phi) is 4.17. The van der Waals surface area contributed by atoms with E-state index in [1.54, 1.807) is 0 Å². The van der Waals surface area contributed by atoms with Crippen LogP contribution in [0, 0.1) is 0 Å². The molecular weight excluding hydrogens is 194 g/mol. The average molecular weight is 215 g/mol. The third-order valence-electron chi connectivity index (χ3n) is 3.33. The van der Waals surface area contributed by atoms with Gasteiger partial charge in [0.2, 0.25) is 0 Å². The molecule has 86 valence electrons. The Morgan fingerprint density at radius 3 is 2.44 bits per heavy atom. The molecule has 0 N–H and O–H groups in total. The molecule has 1 heteroatoms. The SMILES string of the molecule is CC(/C=C/c1ccccc1)N1CCCCC1. The first-order chi connectivity index (χ1) is 7.86. The summed E-state index contributed by atoms with van der Waals surface area (Å²) >= 11 is 0. The molecular formula is C15H21N. The Labute approximate surface area is 98.8 Å². The van der Waals surface area contributed by atoms with Gasteiger partial charge in [-0.15, -0.1) is 0 Å². The molecule has 0 saturated carbocycles. The first-order valence-corrected chi connectivity index (χ1v) is 6.33. The van der Waals surface area contributed by atoms with Crippen molar-refractivity contribution in [1.29, 1.82) is 0 Å². The van der Waals surface area contributed by atoms with Crippen molar-refractivity contribution in [2.45, 2.75) is 32.2 Å². The molecule has 1 aliphatic heterocycles. The minimum atomic E-state index is 0.570. The predicted molar refractivity (Wildman–Crippen MR) is 70.4 cm³/mol. The zero-order valence-corrected chi connectivity index (χ0v) is 10.1. The molecule has 1 atom stereocenters. The van der Waals surface area contributed by atoms with Crippen LogP contribution >= 0.6 is 0 Å². The largest absolute Gasteiger partial charge is 0.297 e. The lowest BCUT2D eigenvalue weighted by atomic mass is 10.1. The fourth-order valence-corrected chi connectivity index (χ4v) is 2.26. The van der Waals surface area contributed by atoms with Crippen molar-refractivity contribution in [2.75, 3.05) is 13.1 Å². The van der Waals surface area contributed by atoms with Crippen molar-refractivity contribution in [3.63, 3.8) is 0 Å². The fourth-order valence-electron chi connectivity index (χ4n) is 2.26. The second kappa shape index (κ2) is 5.86. The summed E-state index contributed by atoms with van der Waals surface area (Å²) in [5.74, 6) is 0. The first kappa shape index (κ1) is 11.4. The molecule has 0 aromatic heterocycles. The topological polar surface area (TPSA) is 3.24 Å². The van der Waals surface area contributed by atoms with E-state index in [4.69, 9.17) is 0 Å². The first-order valence-electron chi connectivity index (χ1n) is 6.33. The zero-order chi connectivity index (χ0) is 11.2. The maximum atomic E-state index is 2.57. The number of hydrogen-bond donors (Lipinski definition) is 0. The van der Waals surface area contributed by atoms with E-state index in [0.29, 0.717) is 6.04 Å². The van der Waals surface area contributed by atoms with Crippen molar-refractivity contribution in [3.8, 4) is 0 Å². The average Bonchev–Trinajstić information content (AvgIpc) is 2.38. The molecule has 1 fully saturated rings. The van der Waals surface area contributed by atoms with Crippen molar-refractivity contribution in [1.82, 2.24) is 4.90 Å². The van der Waals surface area contributed by atoms with Crippen LogP contribution in [0.3, 0.4) is 0 Å². The third-order valence-corrected chi connectivity index (χ3v) is 3.33. The molecule has 1 heterocycles. The van der Waals surface area contributed by atoms with E-state index in [0.717, 1.165) is 0 Å². The summed E-state index contributed by atoms with van der Waals surface area (Å²) < 4.78 is 0. The van der Waals surface area contributed by atoms with Crippen LogP contribution in [0.2, 0.25) is 0 Å². The zero-order valence-electron chi connectivity index (χ0n) is 10.1. The van der Waals surface area contributed by atoms with Gasteiger partial charge in [0, 0.05) is 6.04 Å². The predicted octanol–water partition coefficient (Wildman–Crippen LogP) is 3.57. The maximum Gasteiger partial charge on any atom is 0.0253 e. The van der Waals surface area contributed by atoms with Crippen molar-refractivity contribution in [3.05, 3.63) is 42.0 Å². The third kappa shape index (κ3) is 3.21. The van der Waals surface area contributed by atoms with Crippen molar-refractivity contribution < 1.29 is 0 Å². The second-order valence-corrected chi connectivity index (χ2v) is 4.61. The van der Waals surface area contributed by atoms with Crippen LogP contribution in [0.1, 0.15) is 31.7 Å². The molecule has 16 heavy (non-hydrogen) atoms. The van der Waals surface area contributed by atoms with E-state index in [1.807, 2.05) is 0 Å². The molecule has 1 unspecified atom stereocenters. The molecule has 1 aromatic rings. The van der Waals surface area contributed by atoms with Crippen molar-refractivity contribution in [2.24, 2.45) is 0 Å². The highest BCUT2D eigenvalue weighted by Gasteiger charge is 2.13. The van der Waals surface area contributed by atoms with E-state index >= 15 is 0 Å². The van der Waals surface area contributed by atoms with Crippen LogP contribution < -0.4 is 0 Å². The van der Waals surface area contributed by atoms with Gasteiger partial charge in [0.05, 0.1) is 0 Å². The quantitative estimate of drug-likeness (QED) is 0.745. The van der Waals surface area contributed by atoms with E-state index < -0.39 is 0 Å². The van der Waals surface area contributed by atoms with Crippen LogP contribution in [-0.4, -0.2) is 24.0 Å². The van der Waals surface area contributed by atoms with Gasteiger partial charge in [0.1, 0.15) is 0 Å². The molecule has 1 aromatic carbocycles. The highest BCUT2D eigenvalue weighted by Crippen LogP contribution is 2.13. The summed E-state index contributed by atoms with van der Waals surface area (Å²) in [6.07, 6.45) is 8.69. The molecule has 1 saturated heterocycles. The summed E-state index contributed by atoms with van der Waals surface area (Å²) in [6.45, 7) is 4.82. The lowest BCUT2D eigenvalue weighted by molar-refractivity contribution is 0.201. The Morgan fingerprint density at radius 1 is 1.06 bits per heavy atom. The number of hydrogen-bond acceptors (Lipinski definition) is 1. The number of nitrogens with zero attached hydrogens (tertiary/aromatic N) is 1. The van der Waals surface area contributed by atoms with Crippen molar-refractivity contribution >= 4 is 6.08 Å². The highest BCUT2D eigenvalue weighted by atomic mass is 15.1. The van der Waals surface area contributed by atoms with Gasteiger partial charge in [0.25, 0.3) is 0 Å². The van der Waals surface area contributed by atoms with Crippen LogP contribution in [-0.2, 0) is 0 Å². The van der Waals surface area contributed by atoms with E-state index in [1.165, 1.54) is 37.9 Å². The molecule has 1 nitrogen and oxygen atoms in total. The van der Waals surface area contributed by atoms with Crippen LogP contribution in [0.4, 0.5) is 0 Å². The Hall–Kier alpha value is -1.08. The molecule has 0 amide bonds. The second-order valence-electron chi connectivity index (χ2n) is 4.61. The van der Waals surface area contributed by atoms with Gasteiger partial charge in [-0.1, -0.05) is 48.9 Å². The normalized spacial score (nSPS) is 20.1. The number of rotatable bonds is 3. The van der Waals surface area contributed by atoms with Crippen LogP contribution in [0.15, 0.2) is 36.4 Å². The molecule has 1 aliphatic rings. The Balaban J connectivity index is 1.91. The molecule has 0 spiro atoms. The van der Waals surface area contributed by atoms with E-state index in [-0.39, 0.29) is 0 Å². The Bertz CT molecular complexity index is 323. The smallest absolute Gasteiger partial charge is 0.0253 e. The standard InChI is InChI=1S/C15H21N/c1-14(16-12-6-3-7-13-16)10-11-15-8-4-2-5-9-15/h2,4-5,8-11,14H,3,6-7,12-13H2,1H3/b11-10+. The molecule has 0 radical (unpaired) electrons. The van der Waals surface area contributed by atoms with Gasteiger partial charge in [-0.25, -0.2) is 0 Å². The van der Waals surface area contributed by atoms with Gasteiger partial charge >= 0.3 is 0 Å². The van der Waals surface area contributed by atoms with E-state index in [9.17, 15) is 0 Å². The minimum Gasteiger partial charge on any atom is -0.297 e. The van der Waals surface area contributed by atoms with Gasteiger partial charge in [0.15, 0.2) is 0 Å². The van der Waals surface area contributed by atoms with Gasteiger partial charge in [-0.05, 0) is 38.4 Å². The molecule has 2 rings (SSSR count). The van der Waals surface area contributed by atoms with Gasteiger partial charge in [-0.3, -0.25) is 4.90 Å². The lowest BCUT2D eigenvalue weighted by Gasteiger charge is -2.30. The minimum absolute atomic E-state index is 0.570. The fraction of sp³-hybridized carbons (Fsp3) is 0.467. The Morgan fingerprint density at radius 2 is 1.75 bits per heavy atom. The highest BCUT2D eigenvalue weighted by molar-refractivity contribution is 5.49. The lowest BCUT2D eigenvalue weighted by Crippen LogP contribution is -2.36. The maximum absolute atomic E-state index is 2.57. The summed E-state index contributed by atoms with van der Waals surface area (Å²) in [5, 5.41) is 0. The monoisotopic (exact) mass is 215 g/mol. The summed E-state index contributed by atoms with van der Waals surface area (Å²) in [7, 11) is 0. The number of likely N-dealkylation sites (tertiary alicyclic amines) is 1. The molecule has 0 bridgehead atoms. The van der Waals surface area contributed by atoms with E-state index in [2.05, 4.69) is 54.3 Å². The summed E-state index contributed by atoms with van der Waals surface area (Å²) in [4.78, 5) is 2.57. The van der Waals surface area contributed by atoms with Crippen LogP contribution in [0.5, 0.6) is 0 Å². The van der Waals surface area contributed by atoms with Crippen LogP contribution in [0.25, 0.3) is 6.08 Å². The van der Waals surface area contributed by atoms with Gasteiger partial charge < -0.3 is 0 Å².